The van der Waals surface area contributed by atoms with Crippen LogP contribution < -0.4 is 29.3 Å². The molecule has 0 saturated carbocycles. The lowest BCUT2D eigenvalue weighted by atomic mass is 9.95. The number of fused-ring (bicyclic) bond motifs is 2. The molecule has 0 saturated heterocycles. The number of hydrogen-bond acceptors (Lipinski definition) is 9. The van der Waals surface area contributed by atoms with Crippen LogP contribution in [0.3, 0.4) is 0 Å². The summed E-state index contributed by atoms with van der Waals surface area (Å²) in [7, 11) is 0. The van der Waals surface area contributed by atoms with Gasteiger partial charge in [-0.1, -0.05) is 68.2 Å². The number of para-hydroxylation sites is 1. The summed E-state index contributed by atoms with van der Waals surface area (Å²) in [6.07, 6.45) is 5.29. The lowest BCUT2D eigenvalue weighted by Gasteiger charge is -2.25. The van der Waals surface area contributed by atoms with Gasteiger partial charge in [0.25, 0.3) is 11.5 Å². The zero-order chi connectivity index (χ0) is 33.0. The van der Waals surface area contributed by atoms with Crippen molar-refractivity contribution in [2.45, 2.75) is 72.8 Å². The fraction of sp³-hybridized carbons (Fsp3) is 0.400. The van der Waals surface area contributed by atoms with Gasteiger partial charge in [-0.3, -0.25) is 19.0 Å². The maximum absolute atomic E-state index is 14.5. The van der Waals surface area contributed by atoms with E-state index in [1.807, 2.05) is 24.3 Å². The Bertz CT molecular complexity index is 1890. The van der Waals surface area contributed by atoms with E-state index in [0.29, 0.717) is 40.4 Å². The number of allylic oxidation sites excluding steroid dienone is 1. The number of anilines is 1. The molecular weight excluding hydrogens is 606 g/mol. The van der Waals surface area contributed by atoms with Gasteiger partial charge in [-0.25, -0.2) is 9.79 Å². The van der Waals surface area contributed by atoms with Gasteiger partial charge in [-0.2, -0.15) is 0 Å². The number of carbonyl (C=O) groups is 3. The summed E-state index contributed by atoms with van der Waals surface area (Å²) in [5.74, 6) is -0.835. The number of ether oxygens (including phenoxy) is 3. The van der Waals surface area contributed by atoms with Crippen molar-refractivity contribution in [3.63, 3.8) is 0 Å². The molecule has 3 heterocycles. The highest BCUT2D eigenvalue weighted by Gasteiger charge is 2.37. The molecule has 5 rings (SSSR count). The van der Waals surface area contributed by atoms with Crippen molar-refractivity contribution < 1.29 is 28.6 Å². The Morgan fingerprint density at radius 3 is 2.43 bits per heavy atom. The third kappa shape index (κ3) is 6.28. The summed E-state index contributed by atoms with van der Waals surface area (Å²) in [5.41, 5.74) is 2.51. The summed E-state index contributed by atoms with van der Waals surface area (Å²) >= 11 is 1.13. The van der Waals surface area contributed by atoms with Crippen LogP contribution in [0, 0.1) is 0 Å². The average molecular weight is 646 g/mol. The van der Waals surface area contributed by atoms with E-state index in [4.69, 9.17) is 14.2 Å². The topological polar surface area (TPSA) is 117 Å². The van der Waals surface area contributed by atoms with Gasteiger partial charge in [-0.15, -0.1) is 0 Å². The van der Waals surface area contributed by atoms with Gasteiger partial charge < -0.3 is 19.1 Å². The van der Waals surface area contributed by atoms with Crippen molar-refractivity contribution in [3.8, 4) is 11.5 Å². The first kappa shape index (κ1) is 32.9. The summed E-state index contributed by atoms with van der Waals surface area (Å²) in [6.45, 7) is 9.65. The number of unbranched alkanes of at least 4 members (excludes halogenated alkanes) is 4. The molecule has 3 aromatic rings. The third-order valence-corrected chi connectivity index (χ3v) is 9.02. The number of aromatic nitrogens is 1. The van der Waals surface area contributed by atoms with E-state index in [1.165, 1.54) is 11.5 Å². The van der Waals surface area contributed by atoms with Crippen LogP contribution in [-0.2, 0) is 19.1 Å². The molecule has 0 spiro atoms. The maximum Gasteiger partial charge on any atom is 0.338 e. The highest BCUT2D eigenvalue weighted by atomic mass is 32.1. The van der Waals surface area contributed by atoms with Crippen molar-refractivity contribution in [1.29, 1.82) is 0 Å². The average Bonchev–Trinajstić information content (AvgIpc) is 3.49. The quantitative estimate of drug-likeness (QED) is 0.158. The van der Waals surface area contributed by atoms with E-state index >= 15 is 0 Å². The van der Waals surface area contributed by atoms with E-state index in [-0.39, 0.29) is 34.1 Å². The van der Waals surface area contributed by atoms with Gasteiger partial charge >= 0.3 is 11.9 Å². The maximum atomic E-state index is 14.5. The van der Waals surface area contributed by atoms with Gasteiger partial charge in [0.05, 0.1) is 41.8 Å². The van der Waals surface area contributed by atoms with Gasteiger partial charge in [0.2, 0.25) is 0 Å². The van der Waals surface area contributed by atoms with Crippen LogP contribution in [0.15, 0.2) is 63.5 Å². The number of esters is 2. The second kappa shape index (κ2) is 14.3. The molecule has 10 nitrogen and oxygen atoms in total. The second-order valence-electron chi connectivity index (χ2n) is 11.1. The van der Waals surface area contributed by atoms with Crippen molar-refractivity contribution in [2.75, 3.05) is 24.7 Å². The number of hydrogen-bond donors (Lipinski definition) is 0. The molecule has 0 bridgehead atoms. The molecule has 1 unspecified atom stereocenters. The molecule has 1 atom stereocenters. The summed E-state index contributed by atoms with van der Waals surface area (Å²) in [4.78, 5) is 60.5. The minimum atomic E-state index is -0.934. The molecule has 1 amide bonds. The van der Waals surface area contributed by atoms with Gasteiger partial charge in [0, 0.05) is 19.0 Å². The molecule has 0 radical (unpaired) electrons. The van der Waals surface area contributed by atoms with Crippen molar-refractivity contribution in [3.05, 3.63) is 84.5 Å². The number of thiazole rings is 1. The normalized spacial score (nSPS) is 16.6. The number of amides is 1. The van der Waals surface area contributed by atoms with Crippen LogP contribution in [-0.4, -0.2) is 42.2 Å². The van der Waals surface area contributed by atoms with E-state index in [9.17, 15) is 19.2 Å². The fourth-order valence-corrected chi connectivity index (χ4v) is 7.09. The van der Waals surface area contributed by atoms with Crippen LogP contribution in [0.5, 0.6) is 11.5 Å². The number of benzene rings is 2. The first-order valence-electron chi connectivity index (χ1n) is 15.8. The van der Waals surface area contributed by atoms with Crippen LogP contribution >= 0.6 is 11.3 Å². The van der Waals surface area contributed by atoms with E-state index in [1.54, 1.807) is 43.9 Å². The van der Waals surface area contributed by atoms with Crippen LogP contribution in [0.4, 0.5) is 5.69 Å². The van der Waals surface area contributed by atoms with E-state index in [2.05, 4.69) is 11.9 Å². The molecular formula is C35H39N3O7S. The predicted molar refractivity (Wildman–Crippen MR) is 176 cm³/mol. The molecule has 2 aromatic carbocycles. The minimum absolute atomic E-state index is 0.131. The number of nitrogens with zero attached hydrogens (tertiary/aromatic N) is 3. The van der Waals surface area contributed by atoms with E-state index < -0.39 is 23.5 Å². The summed E-state index contributed by atoms with van der Waals surface area (Å²) in [5, 5.41) is 0. The number of rotatable bonds is 12. The Labute approximate surface area is 271 Å². The highest BCUT2D eigenvalue weighted by molar-refractivity contribution is 7.07. The lowest BCUT2D eigenvalue weighted by molar-refractivity contribution is -0.139. The predicted octanol–water partition coefficient (Wildman–Crippen LogP) is 4.81. The molecule has 0 fully saturated rings. The molecule has 0 N–H and O–H groups in total. The van der Waals surface area contributed by atoms with Gasteiger partial charge in [0.1, 0.15) is 4.53 Å². The van der Waals surface area contributed by atoms with Crippen LogP contribution in [0.2, 0.25) is 0 Å². The molecule has 46 heavy (non-hydrogen) atoms. The standard InChI is InChI=1S/C35H39N3O7S/c1-6-9-10-11-14-19-37-25-16-13-12-15-24(25)29(32(37)40)31-33(41)38-30(28(34(42)44-8-3)21(4)36-35(38)46-31)23-17-18-26(45-22(5)39)27(20-23)43-7-2/h12-13,15-18,20,30H,6-11,14,19H2,1-5H3. The Kier molecular flexibility index (Phi) is 10.2. The molecule has 242 valence electrons. The zero-order valence-corrected chi connectivity index (χ0v) is 27.7. The minimum Gasteiger partial charge on any atom is -0.490 e. The molecule has 0 aliphatic carbocycles. The first-order valence-corrected chi connectivity index (χ1v) is 16.6. The highest BCUT2D eigenvalue weighted by Crippen LogP contribution is 2.38. The molecule has 1 aromatic heterocycles. The molecule has 2 aliphatic heterocycles. The largest absolute Gasteiger partial charge is 0.490 e. The monoisotopic (exact) mass is 645 g/mol. The van der Waals surface area contributed by atoms with E-state index in [0.717, 1.165) is 49.1 Å². The number of carbonyl (C=O) groups excluding carboxylic acids is 3. The van der Waals surface area contributed by atoms with Crippen LogP contribution in [0.1, 0.15) is 83.9 Å². The Morgan fingerprint density at radius 2 is 1.72 bits per heavy atom. The van der Waals surface area contributed by atoms with Crippen molar-refractivity contribution in [1.82, 2.24) is 4.57 Å². The van der Waals surface area contributed by atoms with Crippen molar-refractivity contribution in [2.24, 2.45) is 4.99 Å². The van der Waals surface area contributed by atoms with Gasteiger partial charge in [-0.05, 0) is 51.0 Å². The Morgan fingerprint density at radius 1 is 0.957 bits per heavy atom. The summed E-state index contributed by atoms with van der Waals surface area (Å²) in [6, 6.07) is 11.5. The smallest absolute Gasteiger partial charge is 0.338 e. The molecule has 11 heteroatoms. The fourth-order valence-electron chi connectivity index (χ4n) is 5.95. The second-order valence-corrected chi connectivity index (χ2v) is 12.1. The summed E-state index contributed by atoms with van der Waals surface area (Å²) < 4.78 is 18.3. The SMILES string of the molecule is CCCCCCCN1C(=O)C(=c2sc3n(c2=O)C(c2ccc(OC(C)=O)c(OCC)c2)C(C(=O)OCC)=C(C)N=3)c2ccccc21. The van der Waals surface area contributed by atoms with Gasteiger partial charge in [0.15, 0.2) is 16.3 Å². The van der Waals surface area contributed by atoms with Crippen LogP contribution in [0.25, 0.3) is 5.57 Å². The molecule has 2 aliphatic rings. The lowest BCUT2D eigenvalue weighted by Crippen LogP contribution is -2.41. The third-order valence-electron chi connectivity index (χ3n) is 7.97. The Balaban J connectivity index is 1.69. The Hall–Kier alpha value is -4.51. The van der Waals surface area contributed by atoms with Crippen molar-refractivity contribution >= 4 is 40.4 Å². The zero-order valence-electron chi connectivity index (χ0n) is 26.9. The first-order chi connectivity index (χ1) is 22.2.